The number of nitrogens with zero attached hydrogens (tertiary/aromatic N) is 4. The molecule has 1 aromatic rings. The van der Waals surface area contributed by atoms with E-state index in [0.717, 1.165) is 0 Å². The summed E-state index contributed by atoms with van der Waals surface area (Å²) in [6.45, 7) is 0.0744. The van der Waals surface area contributed by atoms with Gasteiger partial charge in [-0.1, -0.05) is 0 Å². The van der Waals surface area contributed by atoms with Gasteiger partial charge in [-0.15, -0.1) is 5.10 Å². The number of carboxylic acid groups (broad SMARTS) is 2. The predicted molar refractivity (Wildman–Crippen MR) is 41.4 cm³/mol. The summed E-state index contributed by atoms with van der Waals surface area (Å²) in [5, 5.41) is 27.0. The van der Waals surface area contributed by atoms with E-state index in [1.54, 1.807) is 0 Å². The minimum atomic E-state index is -1.06. The first-order valence-electron chi connectivity index (χ1n) is 3.78. The number of carbonyl (C=O) groups is 2. The van der Waals surface area contributed by atoms with Gasteiger partial charge in [-0.05, 0) is 10.4 Å². The summed E-state index contributed by atoms with van der Waals surface area (Å²) in [5.41, 5.74) is 0. The van der Waals surface area contributed by atoms with Crippen molar-refractivity contribution in [1.29, 1.82) is 0 Å². The molecule has 0 fully saturated rings. The van der Waals surface area contributed by atoms with Crippen LogP contribution >= 0.6 is 0 Å². The van der Waals surface area contributed by atoms with Crippen molar-refractivity contribution in [3.63, 3.8) is 0 Å². The zero-order valence-electron chi connectivity index (χ0n) is 7.12. The Morgan fingerprint density at radius 2 is 2.00 bits per heavy atom. The summed E-state index contributed by atoms with van der Waals surface area (Å²) in [6.07, 6.45) is -0.454. The Labute approximate surface area is 78.2 Å². The molecule has 76 valence electrons. The Hall–Kier alpha value is -1.99. The molecule has 0 aliphatic heterocycles. The minimum Gasteiger partial charge on any atom is -0.481 e. The Bertz CT molecular complexity index is 347. The Balaban J connectivity index is 2.62. The number of hydrogen-bond donors (Lipinski definition) is 2. The van der Waals surface area contributed by atoms with Crippen molar-refractivity contribution in [3.8, 4) is 0 Å². The smallest absolute Gasteiger partial charge is 0.311 e. The summed E-state index contributed by atoms with van der Waals surface area (Å²) in [7, 11) is 0. The van der Waals surface area contributed by atoms with Gasteiger partial charge < -0.3 is 10.2 Å². The monoisotopic (exact) mass is 200 g/mol. The molecule has 0 aromatic carbocycles. The van der Waals surface area contributed by atoms with E-state index in [2.05, 4.69) is 15.5 Å². The molecule has 8 nitrogen and oxygen atoms in total. The molecule has 2 N–H and O–H groups in total. The van der Waals surface area contributed by atoms with E-state index in [1.807, 2.05) is 0 Å². The summed E-state index contributed by atoms with van der Waals surface area (Å²) >= 11 is 0. The highest BCUT2D eigenvalue weighted by Crippen LogP contribution is 1.95. The third-order valence-corrected chi connectivity index (χ3v) is 1.45. The van der Waals surface area contributed by atoms with E-state index >= 15 is 0 Å². The van der Waals surface area contributed by atoms with Crippen LogP contribution in [-0.4, -0.2) is 42.4 Å². The zero-order chi connectivity index (χ0) is 10.6. The quantitative estimate of drug-likeness (QED) is 0.611. The SMILES string of the molecule is O=C(O)CCn1nnnc1CC(=O)O. The molecule has 1 aromatic heterocycles. The molecule has 0 bridgehead atoms. The van der Waals surface area contributed by atoms with Crippen molar-refractivity contribution in [2.75, 3.05) is 0 Å². The molecule has 8 heteroatoms. The van der Waals surface area contributed by atoms with Crippen LogP contribution in [0.2, 0.25) is 0 Å². The second kappa shape index (κ2) is 4.30. The highest BCUT2D eigenvalue weighted by molar-refractivity contribution is 5.69. The molecule has 0 unspecified atom stereocenters. The molecule has 0 aliphatic rings. The standard InChI is InChI=1S/C6H8N4O4/c11-5(12)1-2-10-4(3-6(13)14)7-8-9-10/h1-3H2,(H,11,12)(H,13,14). The summed E-state index contributed by atoms with van der Waals surface area (Å²) in [6, 6.07) is 0. The number of aliphatic carboxylic acids is 2. The van der Waals surface area contributed by atoms with Crippen LogP contribution in [0.4, 0.5) is 0 Å². The van der Waals surface area contributed by atoms with Gasteiger partial charge in [-0.3, -0.25) is 9.59 Å². The molecule has 0 aliphatic carbocycles. The Morgan fingerprint density at radius 1 is 1.29 bits per heavy atom. The van der Waals surface area contributed by atoms with Gasteiger partial charge in [0, 0.05) is 0 Å². The molecule has 0 atom stereocenters. The fraction of sp³-hybridized carbons (Fsp3) is 0.500. The van der Waals surface area contributed by atoms with Crippen LogP contribution in [0.15, 0.2) is 0 Å². The summed E-state index contributed by atoms with van der Waals surface area (Å²) < 4.78 is 1.17. The number of carboxylic acids is 2. The molecule has 1 rings (SSSR count). The maximum atomic E-state index is 10.3. The van der Waals surface area contributed by atoms with Crippen molar-refractivity contribution in [2.45, 2.75) is 19.4 Å². The first-order chi connectivity index (χ1) is 6.59. The van der Waals surface area contributed by atoms with Crippen LogP contribution in [0.25, 0.3) is 0 Å². The number of aryl methyl sites for hydroxylation is 1. The van der Waals surface area contributed by atoms with E-state index in [1.165, 1.54) is 4.68 Å². The highest BCUT2D eigenvalue weighted by Gasteiger charge is 2.10. The van der Waals surface area contributed by atoms with E-state index in [4.69, 9.17) is 10.2 Å². The van der Waals surface area contributed by atoms with E-state index in [0.29, 0.717) is 0 Å². The maximum Gasteiger partial charge on any atom is 0.311 e. The molecule has 0 saturated heterocycles. The second-order valence-electron chi connectivity index (χ2n) is 2.53. The molecule has 0 radical (unpaired) electrons. The third kappa shape index (κ3) is 2.81. The van der Waals surface area contributed by atoms with Crippen LogP contribution in [0.1, 0.15) is 12.2 Å². The van der Waals surface area contributed by atoms with Gasteiger partial charge in [0.2, 0.25) is 0 Å². The van der Waals surface area contributed by atoms with Crippen LogP contribution in [-0.2, 0) is 22.6 Å². The van der Waals surface area contributed by atoms with Gasteiger partial charge in [0.1, 0.15) is 6.42 Å². The largest absolute Gasteiger partial charge is 0.481 e. The lowest BCUT2D eigenvalue weighted by Crippen LogP contribution is -2.12. The molecular formula is C6H8N4O4. The van der Waals surface area contributed by atoms with Crippen molar-refractivity contribution in [2.24, 2.45) is 0 Å². The lowest BCUT2D eigenvalue weighted by Gasteiger charge is -1.99. The zero-order valence-corrected chi connectivity index (χ0v) is 7.12. The van der Waals surface area contributed by atoms with Gasteiger partial charge in [-0.25, -0.2) is 4.68 Å². The first kappa shape index (κ1) is 10.1. The fourth-order valence-corrected chi connectivity index (χ4v) is 0.860. The second-order valence-corrected chi connectivity index (χ2v) is 2.53. The lowest BCUT2D eigenvalue weighted by atomic mass is 10.4. The fourth-order valence-electron chi connectivity index (χ4n) is 0.860. The summed E-state index contributed by atoms with van der Waals surface area (Å²) in [4.78, 5) is 20.6. The third-order valence-electron chi connectivity index (χ3n) is 1.45. The lowest BCUT2D eigenvalue weighted by molar-refractivity contribution is -0.137. The Kier molecular flexibility index (Phi) is 3.10. The van der Waals surface area contributed by atoms with E-state index < -0.39 is 11.9 Å². The van der Waals surface area contributed by atoms with Crippen molar-refractivity contribution in [3.05, 3.63) is 5.82 Å². The molecule has 14 heavy (non-hydrogen) atoms. The van der Waals surface area contributed by atoms with Gasteiger partial charge in [-0.2, -0.15) is 0 Å². The molecule has 0 spiro atoms. The van der Waals surface area contributed by atoms with Crippen molar-refractivity contribution in [1.82, 2.24) is 20.2 Å². The predicted octanol–water partition coefficient (Wildman–Crippen LogP) is -1.23. The van der Waals surface area contributed by atoms with Crippen LogP contribution in [0.5, 0.6) is 0 Å². The number of tetrazole rings is 1. The van der Waals surface area contributed by atoms with E-state index in [9.17, 15) is 9.59 Å². The molecular weight excluding hydrogens is 192 g/mol. The van der Waals surface area contributed by atoms with Gasteiger partial charge in [0.25, 0.3) is 0 Å². The van der Waals surface area contributed by atoms with Crippen LogP contribution in [0, 0.1) is 0 Å². The van der Waals surface area contributed by atoms with E-state index in [-0.39, 0.29) is 25.2 Å². The van der Waals surface area contributed by atoms with Crippen molar-refractivity contribution >= 4 is 11.9 Å². The minimum absolute atomic E-state index is 0.0744. The average Bonchev–Trinajstić information content (AvgIpc) is 2.47. The number of hydrogen-bond acceptors (Lipinski definition) is 5. The molecule has 0 saturated carbocycles. The number of rotatable bonds is 5. The first-order valence-corrected chi connectivity index (χ1v) is 3.78. The topological polar surface area (TPSA) is 118 Å². The molecule has 0 amide bonds. The van der Waals surface area contributed by atoms with Gasteiger partial charge in [0.05, 0.1) is 13.0 Å². The van der Waals surface area contributed by atoms with Gasteiger partial charge in [0.15, 0.2) is 5.82 Å². The maximum absolute atomic E-state index is 10.3. The van der Waals surface area contributed by atoms with Crippen molar-refractivity contribution < 1.29 is 19.8 Å². The van der Waals surface area contributed by atoms with Crippen LogP contribution < -0.4 is 0 Å². The summed E-state index contributed by atoms with van der Waals surface area (Å²) in [5.74, 6) is -1.89. The normalized spacial score (nSPS) is 10.0. The molecule has 1 heterocycles. The average molecular weight is 200 g/mol. The van der Waals surface area contributed by atoms with Gasteiger partial charge >= 0.3 is 11.9 Å². The number of aromatic nitrogens is 4. The highest BCUT2D eigenvalue weighted by atomic mass is 16.4. The van der Waals surface area contributed by atoms with Crippen LogP contribution in [0.3, 0.4) is 0 Å². The Morgan fingerprint density at radius 3 is 2.57 bits per heavy atom.